The van der Waals surface area contributed by atoms with Crippen LogP contribution in [0.15, 0.2) is 41.7 Å². The molecule has 0 radical (unpaired) electrons. The summed E-state index contributed by atoms with van der Waals surface area (Å²) in [6.45, 7) is 0. The highest BCUT2D eigenvalue weighted by Gasteiger charge is 2.30. The van der Waals surface area contributed by atoms with E-state index in [1.165, 1.54) is 13.3 Å². The Bertz CT molecular complexity index is 762. The molecular formula is C14H12F3N5OS. The van der Waals surface area contributed by atoms with Crippen LogP contribution in [-0.2, 0) is 6.18 Å². The van der Waals surface area contributed by atoms with Crippen molar-refractivity contribution < 1.29 is 17.9 Å². The first-order valence-corrected chi connectivity index (χ1v) is 6.89. The lowest BCUT2D eigenvalue weighted by Crippen LogP contribution is -2.19. The Balaban J connectivity index is 2.09. The number of nitrogens with two attached hydrogens (primary N) is 1. The Morgan fingerprint density at radius 2 is 2.04 bits per heavy atom. The fourth-order valence-corrected chi connectivity index (χ4v) is 1.82. The van der Waals surface area contributed by atoms with E-state index in [4.69, 9.17) is 22.7 Å². The summed E-state index contributed by atoms with van der Waals surface area (Å²) in [5.41, 5.74) is 5.28. The number of hydrogen-bond acceptors (Lipinski definition) is 4. The summed E-state index contributed by atoms with van der Waals surface area (Å²) < 4.78 is 42.4. The van der Waals surface area contributed by atoms with Crippen molar-refractivity contribution in [3.05, 3.63) is 47.9 Å². The normalized spacial score (nSPS) is 11.9. The molecule has 0 spiro atoms. The van der Waals surface area contributed by atoms with Crippen molar-refractivity contribution in [1.29, 1.82) is 0 Å². The fourth-order valence-electron chi connectivity index (χ4n) is 1.62. The van der Waals surface area contributed by atoms with Crippen molar-refractivity contribution in [1.82, 2.24) is 9.97 Å². The van der Waals surface area contributed by atoms with Crippen LogP contribution in [0.3, 0.4) is 0 Å². The van der Waals surface area contributed by atoms with Crippen LogP contribution in [0.25, 0.3) is 0 Å². The topological polar surface area (TPSA) is 85.4 Å². The Hall–Kier alpha value is -2.75. The Kier molecular flexibility index (Phi) is 5.29. The molecule has 6 nitrogen and oxygen atoms in total. The van der Waals surface area contributed by atoms with Crippen LogP contribution in [0.2, 0.25) is 0 Å². The molecule has 0 aromatic carbocycles. The minimum absolute atomic E-state index is 0.0262. The molecule has 3 N–H and O–H groups in total. The van der Waals surface area contributed by atoms with Gasteiger partial charge in [0.05, 0.1) is 12.7 Å². The molecule has 0 bridgehead atoms. The van der Waals surface area contributed by atoms with Gasteiger partial charge in [0.25, 0.3) is 0 Å². The van der Waals surface area contributed by atoms with Crippen LogP contribution < -0.4 is 15.8 Å². The average Bonchev–Trinajstić information content (AvgIpc) is 2.54. The third-order valence-corrected chi connectivity index (χ3v) is 2.97. The molecule has 2 rings (SSSR count). The summed E-state index contributed by atoms with van der Waals surface area (Å²) in [5.74, 6) is 0.683. The Labute approximate surface area is 140 Å². The number of thiocarbonyl (C=S) groups is 1. The van der Waals surface area contributed by atoms with E-state index in [0.29, 0.717) is 17.6 Å². The van der Waals surface area contributed by atoms with E-state index in [-0.39, 0.29) is 16.8 Å². The average molecular weight is 355 g/mol. The van der Waals surface area contributed by atoms with Crippen LogP contribution in [0.1, 0.15) is 11.3 Å². The number of nitrogens with one attached hydrogen (secondary N) is 1. The number of aromatic nitrogens is 2. The smallest absolute Gasteiger partial charge is 0.417 e. The third-order valence-electron chi connectivity index (χ3n) is 2.78. The van der Waals surface area contributed by atoms with E-state index in [9.17, 15) is 13.2 Å². The molecule has 126 valence electrons. The SMILES string of the molecule is COc1ccnc(C(N)=NC(=S)Nc2ccc(C(F)(F)F)cn2)c1. The van der Waals surface area contributed by atoms with Crippen molar-refractivity contribution in [2.75, 3.05) is 12.4 Å². The van der Waals surface area contributed by atoms with Gasteiger partial charge in [0.15, 0.2) is 10.9 Å². The molecule has 0 saturated carbocycles. The Morgan fingerprint density at radius 3 is 2.62 bits per heavy atom. The van der Waals surface area contributed by atoms with Gasteiger partial charge in [-0.2, -0.15) is 13.2 Å². The van der Waals surface area contributed by atoms with Crippen LogP contribution in [0.4, 0.5) is 19.0 Å². The van der Waals surface area contributed by atoms with Gasteiger partial charge < -0.3 is 15.8 Å². The van der Waals surface area contributed by atoms with Crippen molar-refractivity contribution >= 4 is 29.0 Å². The zero-order chi connectivity index (χ0) is 17.7. The Morgan fingerprint density at radius 1 is 1.29 bits per heavy atom. The van der Waals surface area contributed by atoms with Crippen molar-refractivity contribution in [2.24, 2.45) is 10.7 Å². The van der Waals surface area contributed by atoms with Gasteiger partial charge in [-0.05, 0) is 30.4 Å². The predicted molar refractivity (Wildman–Crippen MR) is 87.0 cm³/mol. The molecule has 2 aromatic rings. The van der Waals surface area contributed by atoms with Crippen LogP contribution >= 0.6 is 12.2 Å². The summed E-state index contributed by atoms with van der Waals surface area (Å²) in [7, 11) is 1.49. The summed E-state index contributed by atoms with van der Waals surface area (Å²) in [4.78, 5) is 11.6. The molecule has 0 amide bonds. The molecule has 24 heavy (non-hydrogen) atoms. The molecule has 0 aliphatic rings. The molecule has 0 aliphatic heterocycles. The molecule has 0 saturated heterocycles. The van der Waals surface area contributed by atoms with Crippen LogP contribution in [0.5, 0.6) is 5.75 Å². The van der Waals surface area contributed by atoms with Gasteiger partial charge >= 0.3 is 6.18 Å². The zero-order valence-corrected chi connectivity index (χ0v) is 13.1. The minimum atomic E-state index is -4.45. The summed E-state index contributed by atoms with van der Waals surface area (Å²) >= 11 is 4.98. The largest absolute Gasteiger partial charge is 0.497 e. The number of nitrogens with zero attached hydrogens (tertiary/aromatic N) is 3. The number of hydrogen-bond donors (Lipinski definition) is 2. The molecule has 0 aliphatic carbocycles. The number of aliphatic imine (C=N–C) groups is 1. The first-order valence-electron chi connectivity index (χ1n) is 6.48. The van der Waals surface area contributed by atoms with Gasteiger partial charge in [-0.15, -0.1) is 0 Å². The van der Waals surface area contributed by atoms with E-state index in [2.05, 4.69) is 20.3 Å². The van der Waals surface area contributed by atoms with E-state index in [1.807, 2.05) is 0 Å². The van der Waals surface area contributed by atoms with Crippen molar-refractivity contribution in [3.63, 3.8) is 0 Å². The second kappa shape index (κ2) is 7.21. The van der Waals surface area contributed by atoms with Gasteiger partial charge in [-0.25, -0.2) is 9.98 Å². The summed E-state index contributed by atoms with van der Waals surface area (Å²) in [6.07, 6.45) is -2.27. The predicted octanol–water partition coefficient (Wildman–Crippen LogP) is 2.61. The van der Waals surface area contributed by atoms with Gasteiger partial charge in [0.2, 0.25) is 0 Å². The van der Waals surface area contributed by atoms with Gasteiger partial charge in [-0.3, -0.25) is 4.98 Å². The highest BCUT2D eigenvalue weighted by Crippen LogP contribution is 2.28. The number of halogens is 3. The van der Waals surface area contributed by atoms with E-state index < -0.39 is 11.7 Å². The molecule has 0 unspecified atom stereocenters. The van der Waals surface area contributed by atoms with Crippen LogP contribution in [0, 0.1) is 0 Å². The van der Waals surface area contributed by atoms with E-state index in [1.54, 1.807) is 12.1 Å². The second-order valence-electron chi connectivity index (χ2n) is 4.44. The van der Waals surface area contributed by atoms with Gasteiger partial charge in [0, 0.05) is 18.5 Å². The second-order valence-corrected chi connectivity index (χ2v) is 4.82. The first kappa shape index (κ1) is 17.6. The zero-order valence-electron chi connectivity index (χ0n) is 12.3. The fraction of sp³-hybridized carbons (Fsp3) is 0.143. The third kappa shape index (κ3) is 4.62. The van der Waals surface area contributed by atoms with Gasteiger partial charge in [0.1, 0.15) is 17.3 Å². The summed E-state index contributed by atoms with van der Waals surface area (Å²) in [6, 6.07) is 5.23. The van der Waals surface area contributed by atoms with E-state index >= 15 is 0 Å². The highest BCUT2D eigenvalue weighted by atomic mass is 32.1. The minimum Gasteiger partial charge on any atom is -0.497 e. The quantitative estimate of drug-likeness (QED) is 0.500. The van der Waals surface area contributed by atoms with E-state index in [0.717, 1.165) is 12.1 Å². The lowest BCUT2D eigenvalue weighted by molar-refractivity contribution is -0.137. The molecule has 2 heterocycles. The maximum Gasteiger partial charge on any atom is 0.417 e. The highest BCUT2D eigenvalue weighted by molar-refractivity contribution is 7.80. The molecule has 2 aromatic heterocycles. The number of amidine groups is 1. The molecule has 10 heteroatoms. The number of anilines is 1. The van der Waals surface area contributed by atoms with Crippen molar-refractivity contribution in [2.45, 2.75) is 6.18 Å². The lowest BCUT2D eigenvalue weighted by Gasteiger charge is -2.08. The summed E-state index contributed by atoms with van der Waals surface area (Å²) in [5, 5.41) is 2.51. The first-order chi connectivity index (χ1) is 11.3. The molecule has 0 fully saturated rings. The number of pyridine rings is 2. The monoisotopic (exact) mass is 355 g/mol. The van der Waals surface area contributed by atoms with Gasteiger partial charge in [-0.1, -0.05) is 0 Å². The molecular weight excluding hydrogens is 343 g/mol. The molecule has 0 atom stereocenters. The number of rotatable bonds is 3. The van der Waals surface area contributed by atoms with Crippen molar-refractivity contribution in [3.8, 4) is 5.75 Å². The number of ether oxygens (including phenoxy) is 1. The number of methoxy groups -OCH3 is 1. The lowest BCUT2D eigenvalue weighted by atomic mass is 10.3. The van der Waals surface area contributed by atoms with Crippen LogP contribution in [-0.4, -0.2) is 28.0 Å². The maximum absolute atomic E-state index is 12.5. The number of alkyl halides is 3. The maximum atomic E-state index is 12.5. The standard InChI is InChI=1S/C14H12F3N5OS/c1-23-9-4-5-19-10(6-9)12(18)22-13(24)21-11-3-2-8(7-20-11)14(15,16)17/h2-7H,1H3,(H3,18,20,21,22,24).